The van der Waals surface area contributed by atoms with E-state index in [0.29, 0.717) is 6.61 Å². The molecule has 0 rings (SSSR count). The van der Waals surface area contributed by atoms with E-state index in [1.807, 2.05) is 13.1 Å². The lowest BCUT2D eigenvalue weighted by molar-refractivity contribution is 0.203. The number of hydrogen-bond acceptors (Lipinski definition) is 2. The van der Waals surface area contributed by atoms with Crippen LogP contribution in [0.25, 0.3) is 0 Å². The maximum Gasteiger partial charge on any atom is 0.193 e. The summed E-state index contributed by atoms with van der Waals surface area (Å²) in [6.07, 6.45) is 6.76. The molecule has 100 valence electrons. The second-order valence-electron chi connectivity index (χ2n) is 4.03. The van der Waals surface area contributed by atoms with E-state index >= 15 is 0 Å². The van der Waals surface area contributed by atoms with Gasteiger partial charge in [-0.1, -0.05) is 12.5 Å². The summed E-state index contributed by atoms with van der Waals surface area (Å²) >= 11 is 0. The van der Waals surface area contributed by atoms with Crippen molar-refractivity contribution in [1.82, 2.24) is 10.2 Å². The molecule has 4 heteroatoms. The Morgan fingerprint density at radius 1 is 1.41 bits per heavy atom. The molecular weight excluding hydrogens is 214 g/mol. The van der Waals surface area contributed by atoms with Gasteiger partial charge in [-0.05, 0) is 19.3 Å². The number of aliphatic imine (C=N–C) groups is 1. The number of methoxy groups -OCH3 is 1. The highest BCUT2D eigenvalue weighted by Crippen LogP contribution is 2.01. The molecule has 0 aromatic rings. The van der Waals surface area contributed by atoms with Gasteiger partial charge in [0.15, 0.2) is 5.96 Å². The van der Waals surface area contributed by atoms with Crippen LogP contribution in [0.15, 0.2) is 17.6 Å². The molecule has 1 N–H and O–H groups in total. The van der Waals surface area contributed by atoms with E-state index in [1.165, 1.54) is 19.3 Å². The summed E-state index contributed by atoms with van der Waals surface area (Å²) in [6.45, 7) is 6.25. The molecule has 0 aliphatic carbocycles. The van der Waals surface area contributed by atoms with Crippen LogP contribution in [-0.4, -0.2) is 51.8 Å². The molecule has 0 unspecified atom stereocenters. The van der Waals surface area contributed by atoms with Crippen LogP contribution in [-0.2, 0) is 4.74 Å². The fourth-order valence-electron chi connectivity index (χ4n) is 1.57. The second-order valence-corrected chi connectivity index (χ2v) is 4.03. The van der Waals surface area contributed by atoms with Crippen LogP contribution >= 0.6 is 0 Å². The van der Waals surface area contributed by atoms with Crippen LogP contribution in [0, 0.1) is 0 Å². The number of ether oxygens (including phenoxy) is 1. The maximum atomic E-state index is 5.00. The summed E-state index contributed by atoms with van der Waals surface area (Å²) < 4.78 is 5.00. The van der Waals surface area contributed by atoms with E-state index in [0.717, 1.165) is 25.5 Å². The lowest BCUT2D eigenvalue weighted by atomic mass is 10.2. The van der Waals surface area contributed by atoms with E-state index in [1.54, 1.807) is 7.11 Å². The molecule has 17 heavy (non-hydrogen) atoms. The molecule has 0 aliphatic rings. The molecule has 0 atom stereocenters. The van der Waals surface area contributed by atoms with E-state index in [9.17, 15) is 0 Å². The van der Waals surface area contributed by atoms with Crippen molar-refractivity contribution in [2.24, 2.45) is 4.99 Å². The van der Waals surface area contributed by atoms with Crippen molar-refractivity contribution in [3.63, 3.8) is 0 Å². The zero-order chi connectivity index (χ0) is 12.9. The third-order valence-corrected chi connectivity index (χ3v) is 2.56. The lowest BCUT2D eigenvalue weighted by Crippen LogP contribution is -2.40. The van der Waals surface area contributed by atoms with Crippen LogP contribution in [0.1, 0.15) is 25.7 Å². The van der Waals surface area contributed by atoms with Gasteiger partial charge in [0.2, 0.25) is 0 Å². The zero-order valence-electron chi connectivity index (χ0n) is 11.5. The van der Waals surface area contributed by atoms with Gasteiger partial charge in [-0.3, -0.25) is 4.99 Å². The molecule has 0 aromatic heterocycles. The van der Waals surface area contributed by atoms with E-state index < -0.39 is 0 Å². The van der Waals surface area contributed by atoms with Crippen LogP contribution < -0.4 is 5.32 Å². The SMILES string of the molecule is C=CCCCCCN(C)C(=NC)NCCOC. The molecule has 0 saturated heterocycles. The number of allylic oxidation sites excluding steroid dienone is 1. The van der Waals surface area contributed by atoms with Crippen LogP contribution in [0.2, 0.25) is 0 Å². The predicted octanol–water partition coefficient (Wildman–Crippen LogP) is 1.89. The summed E-state index contributed by atoms with van der Waals surface area (Å²) in [7, 11) is 5.58. The third-order valence-electron chi connectivity index (χ3n) is 2.56. The first kappa shape index (κ1) is 16.0. The largest absolute Gasteiger partial charge is 0.383 e. The summed E-state index contributed by atoms with van der Waals surface area (Å²) in [5.41, 5.74) is 0. The van der Waals surface area contributed by atoms with Gasteiger partial charge in [-0.25, -0.2) is 0 Å². The first-order valence-electron chi connectivity index (χ1n) is 6.27. The Balaban J connectivity index is 3.69. The molecule has 4 nitrogen and oxygen atoms in total. The fraction of sp³-hybridized carbons (Fsp3) is 0.769. The molecule has 0 spiro atoms. The first-order valence-corrected chi connectivity index (χ1v) is 6.27. The van der Waals surface area contributed by atoms with Gasteiger partial charge >= 0.3 is 0 Å². The number of rotatable bonds is 9. The second kappa shape index (κ2) is 11.5. The summed E-state index contributed by atoms with van der Waals surface area (Å²) in [6, 6.07) is 0. The molecule has 0 radical (unpaired) electrons. The number of hydrogen-bond donors (Lipinski definition) is 1. The Labute approximate surface area is 106 Å². The number of unbranched alkanes of at least 4 members (excludes halogenated alkanes) is 3. The van der Waals surface area contributed by atoms with Crippen LogP contribution in [0.5, 0.6) is 0 Å². The van der Waals surface area contributed by atoms with Crippen molar-refractivity contribution in [2.75, 3.05) is 40.9 Å². The topological polar surface area (TPSA) is 36.9 Å². The monoisotopic (exact) mass is 241 g/mol. The Hall–Kier alpha value is -1.03. The standard InChI is InChI=1S/C13H27N3O/c1-5-6-7-8-9-11-16(3)13(14-2)15-10-12-17-4/h5H,1,6-12H2,2-4H3,(H,14,15). The van der Waals surface area contributed by atoms with E-state index in [4.69, 9.17) is 4.74 Å². The van der Waals surface area contributed by atoms with E-state index in [-0.39, 0.29) is 0 Å². The van der Waals surface area contributed by atoms with Gasteiger partial charge in [0.05, 0.1) is 6.61 Å². The molecule has 0 saturated carbocycles. The zero-order valence-corrected chi connectivity index (χ0v) is 11.5. The smallest absolute Gasteiger partial charge is 0.193 e. The number of guanidine groups is 1. The normalized spacial score (nSPS) is 11.4. The lowest BCUT2D eigenvalue weighted by Gasteiger charge is -2.21. The Kier molecular flexibility index (Phi) is 10.8. The van der Waals surface area contributed by atoms with Gasteiger partial charge in [0.25, 0.3) is 0 Å². The highest BCUT2D eigenvalue weighted by atomic mass is 16.5. The average molecular weight is 241 g/mol. The quantitative estimate of drug-likeness (QED) is 0.290. The number of nitrogens with zero attached hydrogens (tertiary/aromatic N) is 2. The molecule has 0 heterocycles. The Morgan fingerprint density at radius 3 is 2.76 bits per heavy atom. The highest BCUT2D eigenvalue weighted by molar-refractivity contribution is 5.79. The molecular formula is C13H27N3O. The van der Waals surface area contributed by atoms with Crippen molar-refractivity contribution in [3.8, 4) is 0 Å². The molecule has 0 bridgehead atoms. The van der Waals surface area contributed by atoms with Gasteiger partial charge in [-0.2, -0.15) is 0 Å². The molecule has 0 amide bonds. The minimum atomic E-state index is 0.701. The summed E-state index contributed by atoms with van der Waals surface area (Å²) in [5.74, 6) is 0.936. The Bertz CT molecular complexity index is 217. The van der Waals surface area contributed by atoms with Crippen molar-refractivity contribution in [3.05, 3.63) is 12.7 Å². The van der Waals surface area contributed by atoms with Gasteiger partial charge in [0, 0.05) is 34.3 Å². The minimum Gasteiger partial charge on any atom is -0.383 e. The Morgan fingerprint density at radius 2 is 2.18 bits per heavy atom. The van der Waals surface area contributed by atoms with Gasteiger partial charge < -0.3 is 15.0 Å². The average Bonchev–Trinajstić information content (AvgIpc) is 2.34. The molecule has 0 fully saturated rings. The van der Waals surface area contributed by atoms with Crippen molar-refractivity contribution < 1.29 is 4.74 Å². The highest BCUT2D eigenvalue weighted by Gasteiger charge is 2.03. The van der Waals surface area contributed by atoms with E-state index in [2.05, 4.69) is 28.8 Å². The van der Waals surface area contributed by atoms with Gasteiger partial charge in [-0.15, -0.1) is 6.58 Å². The maximum absolute atomic E-state index is 5.00. The van der Waals surface area contributed by atoms with Crippen molar-refractivity contribution in [1.29, 1.82) is 0 Å². The molecule has 0 aromatic carbocycles. The molecule has 0 aliphatic heterocycles. The van der Waals surface area contributed by atoms with Crippen LogP contribution in [0.3, 0.4) is 0 Å². The fourth-order valence-corrected chi connectivity index (χ4v) is 1.57. The summed E-state index contributed by atoms with van der Waals surface area (Å²) in [4.78, 5) is 6.39. The minimum absolute atomic E-state index is 0.701. The van der Waals surface area contributed by atoms with Gasteiger partial charge in [0.1, 0.15) is 0 Å². The third kappa shape index (κ3) is 8.74. The van der Waals surface area contributed by atoms with Crippen molar-refractivity contribution >= 4 is 5.96 Å². The van der Waals surface area contributed by atoms with Crippen molar-refractivity contribution in [2.45, 2.75) is 25.7 Å². The van der Waals surface area contributed by atoms with Crippen LogP contribution in [0.4, 0.5) is 0 Å². The first-order chi connectivity index (χ1) is 8.26. The predicted molar refractivity (Wildman–Crippen MR) is 74.5 cm³/mol. The number of nitrogens with one attached hydrogen (secondary N) is 1. The summed E-state index contributed by atoms with van der Waals surface area (Å²) in [5, 5.41) is 3.26.